The molecule has 0 N–H and O–H groups in total. The van der Waals surface area contributed by atoms with Crippen molar-refractivity contribution in [2.75, 3.05) is 45.8 Å². The number of nitrogens with zero attached hydrogens (tertiary/aromatic N) is 3. The van der Waals surface area contributed by atoms with Crippen molar-refractivity contribution in [2.45, 2.75) is 24.7 Å². The molecule has 1 aromatic carbocycles. The van der Waals surface area contributed by atoms with E-state index in [-0.39, 0.29) is 33.9 Å². The van der Waals surface area contributed by atoms with Crippen molar-refractivity contribution in [3.8, 4) is 0 Å². The fraction of sp³-hybridized carbons (Fsp3) is 0.611. The molecule has 0 saturated carbocycles. The van der Waals surface area contributed by atoms with E-state index in [0.717, 1.165) is 31.8 Å². The van der Waals surface area contributed by atoms with E-state index in [1.54, 1.807) is 17.0 Å². The van der Waals surface area contributed by atoms with Gasteiger partial charge in [0.1, 0.15) is 4.90 Å². The average molecular weight is 434 g/mol. The molecular weight excluding hydrogens is 409 g/mol. The zero-order valence-electron chi connectivity index (χ0n) is 15.4. The summed E-state index contributed by atoms with van der Waals surface area (Å²) in [6.07, 6.45) is 2.25. The molecule has 3 rings (SSSR count). The second-order valence-corrected chi connectivity index (χ2v) is 9.99. The Balaban J connectivity index is 1.58. The highest BCUT2D eigenvalue weighted by atomic mass is 35.5. The summed E-state index contributed by atoms with van der Waals surface area (Å²) in [6, 6.07) is 4.58. The molecule has 27 heavy (non-hydrogen) atoms. The number of likely N-dealkylation sites (tertiary alicyclic amines) is 1. The van der Waals surface area contributed by atoms with Gasteiger partial charge in [0.15, 0.2) is 0 Å². The summed E-state index contributed by atoms with van der Waals surface area (Å²) in [5, 5.41) is 0.249. The maximum atomic E-state index is 12.9. The standard InChI is InChI=1S/C18H25Cl2N3O3S/c1-14-5-7-21(8-6-14)13-17(24)22-9-11-23(12-10-22)27(25,26)16-4-2-3-15(19)18(16)20/h2-4,14H,5-13H2,1H3. The first-order chi connectivity index (χ1) is 12.8. The van der Waals surface area contributed by atoms with Gasteiger partial charge in [0.05, 0.1) is 16.6 Å². The molecule has 2 aliphatic rings. The summed E-state index contributed by atoms with van der Waals surface area (Å²) < 4.78 is 27.1. The number of carbonyl (C=O) groups is 1. The van der Waals surface area contributed by atoms with Crippen molar-refractivity contribution in [3.63, 3.8) is 0 Å². The Bertz CT molecular complexity index is 787. The van der Waals surface area contributed by atoms with Gasteiger partial charge in [0, 0.05) is 26.2 Å². The van der Waals surface area contributed by atoms with Crippen LogP contribution < -0.4 is 0 Å². The Morgan fingerprint density at radius 2 is 1.70 bits per heavy atom. The van der Waals surface area contributed by atoms with E-state index in [9.17, 15) is 13.2 Å². The number of piperidine rings is 1. The Kier molecular flexibility index (Phi) is 6.69. The maximum Gasteiger partial charge on any atom is 0.244 e. The van der Waals surface area contributed by atoms with Crippen LogP contribution in [0.25, 0.3) is 0 Å². The topological polar surface area (TPSA) is 60.9 Å². The predicted molar refractivity (Wildman–Crippen MR) is 107 cm³/mol. The molecule has 0 bridgehead atoms. The molecule has 0 unspecified atom stereocenters. The zero-order valence-corrected chi connectivity index (χ0v) is 17.7. The van der Waals surface area contributed by atoms with Gasteiger partial charge in [-0.25, -0.2) is 8.42 Å². The second-order valence-electron chi connectivity index (χ2n) is 7.30. The molecule has 2 fully saturated rings. The maximum absolute atomic E-state index is 12.9. The fourth-order valence-electron chi connectivity index (χ4n) is 3.51. The fourth-order valence-corrected chi connectivity index (χ4v) is 5.67. The van der Waals surface area contributed by atoms with Gasteiger partial charge in [-0.3, -0.25) is 9.69 Å². The van der Waals surface area contributed by atoms with E-state index < -0.39 is 10.0 Å². The third kappa shape index (κ3) is 4.77. The summed E-state index contributed by atoms with van der Waals surface area (Å²) in [5.41, 5.74) is 0. The van der Waals surface area contributed by atoms with E-state index in [2.05, 4.69) is 11.8 Å². The molecule has 9 heteroatoms. The Hall–Kier alpha value is -0.860. The SMILES string of the molecule is CC1CCN(CC(=O)N2CCN(S(=O)(=O)c3cccc(Cl)c3Cl)CC2)CC1. The molecule has 0 aliphatic carbocycles. The van der Waals surface area contributed by atoms with Crippen LogP contribution in [-0.2, 0) is 14.8 Å². The van der Waals surface area contributed by atoms with Crippen LogP contribution in [0.5, 0.6) is 0 Å². The van der Waals surface area contributed by atoms with Gasteiger partial charge >= 0.3 is 0 Å². The van der Waals surface area contributed by atoms with Crippen LogP contribution in [-0.4, -0.2) is 74.2 Å². The zero-order chi connectivity index (χ0) is 19.6. The molecule has 2 heterocycles. The molecule has 0 atom stereocenters. The first-order valence-corrected chi connectivity index (χ1v) is 11.4. The Morgan fingerprint density at radius 1 is 1.07 bits per heavy atom. The normalized spacial score (nSPS) is 20.8. The first kappa shape index (κ1) is 20.9. The van der Waals surface area contributed by atoms with Crippen molar-refractivity contribution >= 4 is 39.1 Å². The minimum absolute atomic E-state index is 0.0129. The smallest absolute Gasteiger partial charge is 0.244 e. The average Bonchev–Trinajstić information content (AvgIpc) is 2.65. The quantitative estimate of drug-likeness (QED) is 0.731. The Labute approximate surface area is 171 Å². The van der Waals surface area contributed by atoms with Gasteiger partial charge in [0.25, 0.3) is 0 Å². The second kappa shape index (κ2) is 8.66. The van der Waals surface area contributed by atoms with E-state index in [0.29, 0.717) is 19.6 Å². The molecule has 150 valence electrons. The number of hydrogen-bond donors (Lipinski definition) is 0. The number of amides is 1. The first-order valence-electron chi connectivity index (χ1n) is 9.23. The van der Waals surface area contributed by atoms with Crippen LogP contribution in [0.3, 0.4) is 0 Å². The summed E-state index contributed by atoms with van der Waals surface area (Å²) in [6.45, 7) is 5.86. The molecule has 1 amide bonds. The van der Waals surface area contributed by atoms with Crippen molar-refractivity contribution in [3.05, 3.63) is 28.2 Å². The third-order valence-electron chi connectivity index (χ3n) is 5.36. The molecular formula is C18H25Cl2N3O3S. The molecule has 6 nitrogen and oxygen atoms in total. The number of benzene rings is 1. The lowest BCUT2D eigenvalue weighted by molar-refractivity contribution is -0.133. The van der Waals surface area contributed by atoms with Crippen LogP contribution in [0, 0.1) is 5.92 Å². The van der Waals surface area contributed by atoms with Crippen molar-refractivity contribution in [2.24, 2.45) is 5.92 Å². The molecule has 2 saturated heterocycles. The molecule has 0 radical (unpaired) electrons. The number of halogens is 2. The van der Waals surface area contributed by atoms with Crippen molar-refractivity contribution in [1.29, 1.82) is 0 Å². The van der Waals surface area contributed by atoms with Gasteiger partial charge in [-0.05, 0) is 44.0 Å². The summed E-state index contributed by atoms with van der Waals surface area (Å²) >= 11 is 12.0. The van der Waals surface area contributed by atoms with Crippen LogP contribution in [0.1, 0.15) is 19.8 Å². The van der Waals surface area contributed by atoms with Gasteiger partial charge in [0.2, 0.25) is 15.9 Å². The van der Waals surface area contributed by atoms with Gasteiger partial charge in [-0.1, -0.05) is 36.2 Å². The number of hydrogen-bond acceptors (Lipinski definition) is 4. The lowest BCUT2D eigenvalue weighted by atomic mass is 9.99. The monoisotopic (exact) mass is 433 g/mol. The van der Waals surface area contributed by atoms with Crippen LogP contribution >= 0.6 is 23.2 Å². The molecule has 0 spiro atoms. The highest BCUT2D eigenvalue weighted by Gasteiger charge is 2.32. The van der Waals surface area contributed by atoms with Crippen molar-refractivity contribution in [1.82, 2.24) is 14.1 Å². The van der Waals surface area contributed by atoms with E-state index in [1.807, 2.05) is 0 Å². The van der Waals surface area contributed by atoms with Crippen LogP contribution in [0.2, 0.25) is 10.0 Å². The minimum atomic E-state index is -3.73. The minimum Gasteiger partial charge on any atom is -0.339 e. The predicted octanol–water partition coefficient (Wildman–Crippen LogP) is 2.56. The summed E-state index contributed by atoms with van der Waals surface area (Å²) in [5.74, 6) is 0.797. The van der Waals surface area contributed by atoms with Gasteiger partial charge in [-0.15, -0.1) is 0 Å². The third-order valence-corrected chi connectivity index (χ3v) is 8.23. The number of carbonyl (C=O) groups excluding carboxylic acids is 1. The van der Waals surface area contributed by atoms with E-state index in [4.69, 9.17) is 23.2 Å². The largest absolute Gasteiger partial charge is 0.339 e. The van der Waals surface area contributed by atoms with Crippen molar-refractivity contribution < 1.29 is 13.2 Å². The van der Waals surface area contributed by atoms with Crippen LogP contribution in [0.4, 0.5) is 0 Å². The van der Waals surface area contributed by atoms with E-state index >= 15 is 0 Å². The number of sulfonamides is 1. The lowest BCUT2D eigenvalue weighted by Crippen LogP contribution is -2.53. The summed E-state index contributed by atoms with van der Waals surface area (Å²) in [4.78, 5) is 16.5. The van der Waals surface area contributed by atoms with E-state index in [1.165, 1.54) is 10.4 Å². The highest BCUT2D eigenvalue weighted by Crippen LogP contribution is 2.31. The highest BCUT2D eigenvalue weighted by molar-refractivity contribution is 7.89. The molecule has 2 aliphatic heterocycles. The van der Waals surface area contributed by atoms with Gasteiger partial charge < -0.3 is 4.90 Å². The number of piperazine rings is 1. The lowest BCUT2D eigenvalue weighted by Gasteiger charge is -2.36. The summed E-state index contributed by atoms with van der Waals surface area (Å²) in [7, 11) is -3.73. The van der Waals surface area contributed by atoms with Gasteiger partial charge in [-0.2, -0.15) is 4.31 Å². The number of rotatable bonds is 4. The molecule has 1 aromatic rings. The van der Waals surface area contributed by atoms with Crippen LogP contribution in [0.15, 0.2) is 23.1 Å². The Morgan fingerprint density at radius 3 is 2.33 bits per heavy atom. The molecule has 0 aromatic heterocycles.